The van der Waals surface area contributed by atoms with Crippen molar-refractivity contribution in [3.8, 4) is 0 Å². The molecule has 1 aliphatic carbocycles. The Bertz CT molecular complexity index is 358. The summed E-state index contributed by atoms with van der Waals surface area (Å²) in [6, 6.07) is 0. The van der Waals surface area contributed by atoms with Crippen molar-refractivity contribution in [2.24, 2.45) is 13.0 Å². The summed E-state index contributed by atoms with van der Waals surface area (Å²) in [5.41, 5.74) is 0.00992. The lowest BCUT2D eigenvalue weighted by Gasteiger charge is -2.39. The zero-order valence-corrected chi connectivity index (χ0v) is 10.7. The highest BCUT2D eigenvalue weighted by molar-refractivity contribution is 6.31. The van der Waals surface area contributed by atoms with Crippen LogP contribution in [0.2, 0.25) is 5.02 Å². The molecule has 3 nitrogen and oxygen atoms in total. The van der Waals surface area contributed by atoms with Gasteiger partial charge in [0.05, 0.1) is 16.9 Å². The molecule has 2 unspecified atom stereocenters. The first-order valence-corrected chi connectivity index (χ1v) is 6.37. The Kier molecular flexibility index (Phi) is 3.27. The van der Waals surface area contributed by atoms with E-state index < -0.39 is 5.60 Å². The summed E-state index contributed by atoms with van der Waals surface area (Å²) in [5.74, 6) is 0.300. The Balaban J connectivity index is 2.42. The van der Waals surface area contributed by atoms with Crippen LogP contribution in [0.25, 0.3) is 0 Å². The molecule has 90 valence electrons. The summed E-state index contributed by atoms with van der Waals surface area (Å²) in [6.07, 6.45) is 6.75. The van der Waals surface area contributed by atoms with E-state index in [9.17, 15) is 5.11 Å². The number of nitrogens with zero attached hydrogens (tertiary/aromatic N) is 2. The van der Waals surface area contributed by atoms with Gasteiger partial charge >= 0.3 is 0 Å². The van der Waals surface area contributed by atoms with Crippen molar-refractivity contribution in [3.05, 3.63) is 16.9 Å². The van der Waals surface area contributed by atoms with Crippen LogP contribution >= 0.6 is 11.6 Å². The van der Waals surface area contributed by atoms with Crippen LogP contribution in [0.3, 0.4) is 0 Å². The predicted molar refractivity (Wildman–Crippen MR) is 64.4 cm³/mol. The molecule has 1 saturated carbocycles. The highest BCUT2D eigenvalue weighted by Crippen LogP contribution is 2.45. The molecular formula is C12H19ClN2O. The standard InChI is InChI=1S/C12H19ClN2O/c1-3-9-6-4-5-7-12(9,16)11-10(13)8-14-15(11)2/h8-9,16H,3-7H2,1-2H3. The van der Waals surface area contributed by atoms with E-state index in [1.807, 2.05) is 7.05 Å². The maximum Gasteiger partial charge on any atom is 0.110 e. The van der Waals surface area contributed by atoms with Gasteiger partial charge in [-0.15, -0.1) is 0 Å². The lowest BCUT2D eigenvalue weighted by molar-refractivity contribution is -0.0618. The first-order chi connectivity index (χ1) is 7.59. The van der Waals surface area contributed by atoms with Gasteiger partial charge in [0, 0.05) is 7.05 Å². The van der Waals surface area contributed by atoms with Gasteiger partial charge in [-0.1, -0.05) is 37.8 Å². The van der Waals surface area contributed by atoms with Crippen LogP contribution in [0.15, 0.2) is 6.20 Å². The monoisotopic (exact) mass is 242 g/mol. The Hall–Kier alpha value is -0.540. The Morgan fingerprint density at radius 2 is 2.38 bits per heavy atom. The quantitative estimate of drug-likeness (QED) is 0.866. The summed E-state index contributed by atoms with van der Waals surface area (Å²) >= 11 is 6.15. The maximum absolute atomic E-state index is 10.9. The fourth-order valence-electron chi connectivity index (χ4n) is 2.98. The topological polar surface area (TPSA) is 38.1 Å². The molecular weight excluding hydrogens is 224 g/mol. The van der Waals surface area contributed by atoms with Gasteiger partial charge in [-0.3, -0.25) is 4.68 Å². The molecule has 1 N–H and O–H groups in total. The third kappa shape index (κ3) is 1.76. The average Bonchev–Trinajstić information content (AvgIpc) is 2.59. The lowest BCUT2D eigenvalue weighted by atomic mass is 9.72. The maximum atomic E-state index is 10.9. The van der Waals surface area contributed by atoms with Crippen LogP contribution in [-0.2, 0) is 12.6 Å². The fraction of sp³-hybridized carbons (Fsp3) is 0.750. The molecule has 0 amide bonds. The molecule has 0 aliphatic heterocycles. The smallest absolute Gasteiger partial charge is 0.110 e. The number of halogens is 1. The minimum absolute atomic E-state index is 0.300. The van der Waals surface area contributed by atoms with Gasteiger partial charge in [-0.2, -0.15) is 5.10 Å². The summed E-state index contributed by atoms with van der Waals surface area (Å²) in [6.45, 7) is 2.13. The Morgan fingerprint density at radius 3 is 2.94 bits per heavy atom. The van der Waals surface area contributed by atoms with Crippen molar-refractivity contribution in [1.82, 2.24) is 9.78 Å². The molecule has 1 heterocycles. The van der Waals surface area contributed by atoms with Crippen LogP contribution in [0, 0.1) is 5.92 Å². The minimum Gasteiger partial charge on any atom is -0.383 e. The number of aryl methyl sites for hydroxylation is 1. The van der Waals surface area contributed by atoms with Gasteiger partial charge < -0.3 is 5.11 Å². The van der Waals surface area contributed by atoms with Crippen LogP contribution in [0.5, 0.6) is 0 Å². The predicted octanol–water partition coefficient (Wildman–Crippen LogP) is 2.86. The normalized spacial score (nSPS) is 30.6. The second-order valence-electron chi connectivity index (χ2n) is 4.74. The summed E-state index contributed by atoms with van der Waals surface area (Å²) < 4.78 is 1.72. The van der Waals surface area contributed by atoms with Crippen molar-refractivity contribution in [1.29, 1.82) is 0 Å². The highest BCUT2D eigenvalue weighted by Gasteiger charge is 2.42. The minimum atomic E-state index is -0.782. The largest absolute Gasteiger partial charge is 0.383 e. The molecule has 1 fully saturated rings. The number of rotatable bonds is 2. The zero-order valence-electron chi connectivity index (χ0n) is 9.91. The first-order valence-electron chi connectivity index (χ1n) is 6.00. The summed E-state index contributed by atoms with van der Waals surface area (Å²) in [7, 11) is 1.85. The molecule has 2 atom stereocenters. The van der Waals surface area contributed by atoms with Gasteiger partial charge in [-0.25, -0.2) is 0 Å². The van der Waals surface area contributed by atoms with Crippen molar-refractivity contribution < 1.29 is 5.11 Å². The third-order valence-corrected chi connectivity index (χ3v) is 4.11. The van der Waals surface area contributed by atoms with Gasteiger partial charge in [0.15, 0.2) is 0 Å². The molecule has 2 rings (SSSR count). The Morgan fingerprint density at radius 1 is 1.62 bits per heavy atom. The summed E-state index contributed by atoms with van der Waals surface area (Å²) in [5, 5.41) is 15.6. The van der Waals surface area contributed by atoms with Crippen molar-refractivity contribution in [3.63, 3.8) is 0 Å². The molecule has 0 saturated heterocycles. The van der Waals surface area contributed by atoms with Crippen LogP contribution < -0.4 is 0 Å². The Labute approximate surface area is 101 Å². The molecule has 0 spiro atoms. The van der Waals surface area contributed by atoms with E-state index in [2.05, 4.69) is 12.0 Å². The molecule has 1 aromatic heterocycles. The SMILES string of the molecule is CCC1CCCCC1(O)c1c(Cl)cnn1C. The number of hydrogen-bond acceptors (Lipinski definition) is 2. The van der Waals surface area contributed by atoms with E-state index in [1.165, 1.54) is 6.42 Å². The second kappa shape index (κ2) is 4.38. The molecule has 1 aromatic rings. The van der Waals surface area contributed by atoms with Crippen LogP contribution in [0.1, 0.15) is 44.7 Å². The van der Waals surface area contributed by atoms with E-state index in [4.69, 9.17) is 11.6 Å². The van der Waals surface area contributed by atoms with E-state index in [0.717, 1.165) is 31.4 Å². The summed E-state index contributed by atoms with van der Waals surface area (Å²) in [4.78, 5) is 0. The molecule has 0 bridgehead atoms. The van der Waals surface area contributed by atoms with Crippen molar-refractivity contribution in [2.45, 2.75) is 44.6 Å². The lowest BCUT2D eigenvalue weighted by Crippen LogP contribution is -2.39. The number of aromatic nitrogens is 2. The fourth-order valence-corrected chi connectivity index (χ4v) is 3.31. The van der Waals surface area contributed by atoms with Crippen molar-refractivity contribution in [2.75, 3.05) is 0 Å². The van der Waals surface area contributed by atoms with Gasteiger partial charge in [-0.05, 0) is 18.8 Å². The number of aliphatic hydroxyl groups is 1. The van der Waals surface area contributed by atoms with Gasteiger partial charge in [0.25, 0.3) is 0 Å². The number of hydrogen-bond donors (Lipinski definition) is 1. The average molecular weight is 243 g/mol. The molecule has 0 aromatic carbocycles. The van der Waals surface area contributed by atoms with E-state index in [0.29, 0.717) is 10.9 Å². The van der Waals surface area contributed by atoms with E-state index in [1.54, 1.807) is 10.9 Å². The third-order valence-electron chi connectivity index (χ3n) is 3.83. The van der Waals surface area contributed by atoms with Crippen LogP contribution in [0.4, 0.5) is 0 Å². The molecule has 16 heavy (non-hydrogen) atoms. The van der Waals surface area contributed by atoms with Gasteiger partial charge in [0.1, 0.15) is 5.60 Å². The zero-order chi connectivity index (χ0) is 11.8. The molecule has 0 radical (unpaired) electrons. The molecule has 4 heteroatoms. The van der Waals surface area contributed by atoms with Gasteiger partial charge in [0.2, 0.25) is 0 Å². The van der Waals surface area contributed by atoms with E-state index in [-0.39, 0.29) is 0 Å². The first kappa shape index (κ1) is 11.9. The van der Waals surface area contributed by atoms with E-state index >= 15 is 0 Å². The van der Waals surface area contributed by atoms with Crippen molar-refractivity contribution >= 4 is 11.6 Å². The second-order valence-corrected chi connectivity index (χ2v) is 5.15. The highest BCUT2D eigenvalue weighted by atomic mass is 35.5. The molecule has 1 aliphatic rings. The van der Waals surface area contributed by atoms with Crippen LogP contribution in [-0.4, -0.2) is 14.9 Å².